The van der Waals surface area contributed by atoms with E-state index in [2.05, 4.69) is 4.98 Å². The van der Waals surface area contributed by atoms with Gasteiger partial charge in [-0.15, -0.1) is 11.3 Å². The minimum Gasteiger partial charge on any atom is -0.343 e. The molecule has 0 radical (unpaired) electrons. The van der Waals surface area contributed by atoms with E-state index in [1.54, 1.807) is 42.2 Å². The zero-order chi connectivity index (χ0) is 14.3. The molecule has 0 unspecified atom stereocenters. The number of rotatable bonds is 2. The van der Waals surface area contributed by atoms with Gasteiger partial charge in [0.1, 0.15) is 11.5 Å². The second kappa shape index (κ2) is 4.72. The highest BCUT2D eigenvalue weighted by atomic mass is 32.1. The van der Waals surface area contributed by atoms with Crippen molar-refractivity contribution in [2.24, 2.45) is 0 Å². The van der Waals surface area contributed by atoms with Crippen molar-refractivity contribution in [3.05, 3.63) is 47.4 Å². The number of nitrogens with zero attached hydrogens (tertiary/aromatic N) is 3. The van der Waals surface area contributed by atoms with Crippen LogP contribution in [0.25, 0.3) is 16.2 Å². The van der Waals surface area contributed by atoms with E-state index in [-0.39, 0.29) is 11.7 Å². The standard InChI is InChI=1S/C14H12FN3OS/c1-17(2)13(19)12-8-20-14-16-11(7-18(12)14)9-4-3-5-10(15)6-9/h3-8H,1-2H3. The van der Waals surface area contributed by atoms with Gasteiger partial charge in [-0.05, 0) is 12.1 Å². The van der Waals surface area contributed by atoms with Crippen molar-refractivity contribution in [3.63, 3.8) is 0 Å². The van der Waals surface area contributed by atoms with Crippen molar-refractivity contribution in [2.75, 3.05) is 14.1 Å². The fourth-order valence-corrected chi connectivity index (χ4v) is 2.80. The van der Waals surface area contributed by atoms with E-state index >= 15 is 0 Å². The first-order valence-electron chi connectivity index (χ1n) is 6.00. The average molecular weight is 289 g/mol. The Kier molecular flexibility index (Phi) is 3.02. The molecule has 0 fully saturated rings. The van der Waals surface area contributed by atoms with Gasteiger partial charge in [0, 0.05) is 31.2 Å². The molecule has 1 amide bonds. The SMILES string of the molecule is CN(C)C(=O)c1csc2nc(-c3cccc(F)c3)cn12. The summed E-state index contributed by atoms with van der Waals surface area (Å²) in [5, 5.41) is 1.78. The summed E-state index contributed by atoms with van der Waals surface area (Å²) in [4.78, 5) is 18.7. The molecule has 0 aliphatic carbocycles. The summed E-state index contributed by atoms with van der Waals surface area (Å²) < 4.78 is 15.0. The van der Waals surface area contributed by atoms with Crippen LogP contribution < -0.4 is 0 Å². The molecule has 0 atom stereocenters. The molecule has 2 aromatic heterocycles. The molecule has 2 heterocycles. The molecule has 3 aromatic rings. The lowest BCUT2D eigenvalue weighted by atomic mass is 10.2. The van der Waals surface area contributed by atoms with Gasteiger partial charge in [0.05, 0.1) is 5.69 Å². The molecule has 1 aromatic carbocycles. The van der Waals surface area contributed by atoms with Crippen molar-refractivity contribution in [3.8, 4) is 11.3 Å². The molecule has 102 valence electrons. The molecule has 0 saturated heterocycles. The molecule has 0 spiro atoms. The fraction of sp³-hybridized carbons (Fsp3) is 0.143. The number of imidazole rings is 1. The fourth-order valence-electron chi connectivity index (χ4n) is 1.95. The summed E-state index contributed by atoms with van der Waals surface area (Å²) in [5.74, 6) is -0.386. The van der Waals surface area contributed by atoms with E-state index in [9.17, 15) is 9.18 Å². The number of carbonyl (C=O) groups is 1. The van der Waals surface area contributed by atoms with Gasteiger partial charge in [0.15, 0.2) is 4.96 Å². The van der Waals surface area contributed by atoms with Crippen molar-refractivity contribution < 1.29 is 9.18 Å². The first kappa shape index (κ1) is 12.8. The molecule has 6 heteroatoms. The maximum atomic E-state index is 13.3. The number of aromatic nitrogens is 2. The molecule has 0 aliphatic heterocycles. The third-order valence-electron chi connectivity index (χ3n) is 2.95. The quantitative estimate of drug-likeness (QED) is 0.727. The van der Waals surface area contributed by atoms with E-state index in [0.717, 1.165) is 4.96 Å². The maximum Gasteiger partial charge on any atom is 0.271 e. The summed E-state index contributed by atoms with van der Waals surface area (Å²) in [7, 11) is 3.41. The van der Waals surface area contributed by atoms with Crippen LogP contribution in [0.2, 0.25) is 0 Å². The van der Waals surface area contributed by atoms with Crippen LogP contribution in [0, 0.1) is 5.82 Å². The van der Waals surface area contributed by atoms with Gasteiger partial charge in [-0.2, -0.15) is 0 Å². The lowest BCUT2D eigenvalue weighted by Gasteiger charge is -2.08. The summed E-state index contributed by atoms with van der Waals surface area (Å²) >= 11 is 1.39. The Morgan fingerprint density at radius 1 is 1.40 bits per heavy atom. The van der Waals surface area contributed by atoms with Gasteiger partial charge in [0.25, 0.3) is 5.91 Å². The number of fused-ring (bicyclic) bond motifs is 1. The molecule has 20 heavy (non-hydrogen) atoms. The molecular weight excluding hydrogens is 277 g/mol. The van der Waals surface area contributed by atoms with Crippen molar-refractivity contribution >= 4 is 22.2 Å². The highest BCUT2D eigenvalue weighted by Crippen LogP contribution is 2.24. The number of thiazole rings is 1. The zero-order valence-electron chi connectivity index (χ0n) is 11.0. The topological polar surface area (TPSA) is 37.6 Å². The first-order chi connectivity index (χ1) is 9.56. The third-order valence-corrected chi connectivity index (χ3v) is 3.79. The van der Waals surface area contributed by atoms with Crippen LogP contribution in [-0.4, -0.2) is 34.3 Å². The van der Waals surface area contributed by atoms with Crippen LogP contribution in [0.15, 0.2) is 35.8 Å². The van der Waals surface area contributed by atoms with Crippen LogP contribution in [0.1, 0.15) is 10.5 Å². The number of hydrogen-bond acceptors (Lipinski definition) is 3. The summed E-state index contributed by atoms with van der Waals surface area (Å²) in [5.41, 5.74) is 1.92. The first-order valence-corrected chi connectivity index (χ1v) is 6.88. The molecule has 0 N–H and O–H groups in total. The average Bonchev–Trinajstić information content (AvgIpc) is 2.97. The van der Waals surface area contributed by atoms with E-state index in [0.29, 0.717) is 17.0 Å². The Bertz CT molecular complexity index is 791. The normalized spacial score (nSPS) is 10.9. The number of halogens is 1. The lowest BCUT2D eigenvalue weighted by molar-refractivity contribution is 0.0821. The smallest absolute Gasteiger partial charge is 0.271 e. The predicted molar refractivity (Wildman–Crippen MR) is 76.5 cm³/mol. The minimum atomic E-state index is -0.302. The third kappa shape index (κ3) is 2.08. The van der Waals surface area contributed by atoms with Gasteiger partial charge in [-0.3, -0.25) is 9.20 Å². The van der Waals surface area contributed by atoms with Crippen LogP contribution in [-0.2, 0) is 0 Å². The Balaban J connectivity index is 2.10. The molecule has 0 saturated carbocycles. The van der Waals surface area contributed by atoms with Gasteiger partial charge in [-0.1, -0.05) is 12.1 Å². The Morgan fingerprint density at radius 3 is 2.90 bits per heavy atom. The van der Waals surface area contributed by atoms with Gasteiger partial charge in [-0.25, -0.2) is 9.37 Å². The highest BCUT2D eigenvalue weighted by Gasteiger charge is 2.16. The van der Waals surface area contributed by atoms with Gasteiger partial charge >= 0.3 is 0 Å². The molecule has 4 nitrogen and oxygen atoms in total. The monoisotopic (exact) mass is 289 g/mol. The summed E-state index contributed by atoms with van der Waals surface area (Å²) in [6, 6.07) is 6.26. The van der Waals surface area contributed by atoms with Crippen LogP contribution in [0.4, 0.5) is 4.39 Å². The predicted octanol–water partition coefficient (Wildman–Crippen LogP) is 2.90. The summed E-state index contributed by atoms with van der Waals surface area (Å²) in [6.07, 6.45) is 1.76. The van der Waals surface area contributed by atoms with E-state index in [1.165, 1.54) is 28.4 Å². The Hall–Kier alpha value is -2.21. The zero-order valence-corrected chi connectivity index (χ0v) is 11.8. The highest BCUT2D eigenvalue weighted by molar-refractivity contribution is 7.15. The van der Waals surface area contributed by atoms with Gasteiger partial charge < -0.3 is 4.90 Å². The maximum absolute atomic E-state index is 13.3. The van der Waals surface area contributed by atoms with E-state index in [4.69, 9.17) is 0 Å². The van der Waals surface area contributed by atoms with Crippen molar-refractivity contribution in [1.29, 1.82) is 0 Å². The summed E-state index contributed by atoms with van der Waals surface area (Å²) in [6.45, 7) is 0. The minimum absolute atomic E-state index is 0.0838. The molecular formula is C14H12FN3OS. The molecule has 0 aliphatic rings. The number of amides is 1. The Morgan fingerprint density at radius 2 is 2.20 bits per heavy atom. The molecule has 3 rings (SSSR count). The second-order valence-electron chi connectivity index (χ2n) is 4.61. The Labute approximate surface area is 119 Å². The molecule has 0 bridgehead atoms. The number of hydrogen-bond donors (Lipinski definition) is 0. The van der Waals surface area contributed by atoms with Crippen LogP contribution >= 0.6 is 11.3 Å². The van der Waals surface area contributed by atoms with E-state index in [1.807, 2.05) is 0 Å². The second-order valence-corrected chi connectivity index (χ2v) is 5.45. The van der Waals surface area contributed by atoms with Crippen LogP contribution in [0.3, 0.4) is 0 Å². The van der Waals surface area contributed by atoms with Gasteiger partial charge in [0.2, 0.25) is 0 Å². The van der Waals surface area contributed by atoms with E-state index < -0.39 is 0 Å². The van der Waals surface area contributed by atoms with Crippen LogP contribution in [0.5, 0.6) is 0 Å². The lowest BCUT2D eigenvalue weighted by Crippen LogP contribution is -2.22. The van der Waals surface area contributed by atoms with Crippen molar-refractivity contribution in [2.45, 2.75) is 0 Å². The van der Waals surface area contributed by atoms with Crippen molar-refractivity contribution in [1.82, 2.24) is 14.3 Å². The largest absolute Gasteiger partial charge is 0.343 e. The number of benzene rings is 1. The number of carbonyl (C=O) groups excluding carboxylic acids is 1.